The molecule has 0 fully saturated rings. The van der Waals surface area contributed by atoms with Crippen molar-refractivity contribution in [1.29, 1.82) is 0 Å². The molecule has 0 amide bonds. The molecule has 3 nitrogen and oxygen atoms in total. The van der Waals surface area contributed by atoms with E-state index in [4.69, 9.17) is 4.98 Å². The molecule has 8 aromatic rings. The maximum Gasteiger partial charge on any atom is 0.0595 e. The largest absolute Gasteiger partial charge is 0.296 e. The van der Waals surface area contributed by atoms with Gasteiger partial charge in [-0.05, 0) is 70.1 Å². The molecule has 0 saturated heterocycles. The van der Waals surface area contributed by atoms with Crippen LogP contribution in [-0.4, -0.2) is 14.8 Å². The van der Waals surface area contributed by atoms with E-state index in [2.05, 4.69) is 128 Å². The smallest absolute Gasteiger partial charge is 0.0595 e. The third-order valence-corrected chi connectivity index (χ3v) is 8.23. The van der Waals surface area contributed by atoms with Gasteiger partial charge in [-0.15, -0.1) is 41.5 Å². The van der Waals surface area contributed by atoms with Gasteiger partial charge in [-0.1, -0.05) is 103 Å². The van der Waals surface area contributed by atoms with Crippen molar-refractivity contribution in [2.45, 2.75) is 13.8 Å². The second kappa shape index (κ2) is 15.0. The maximum atomic E-state index is 4.75. The molecule has 8 rings (SSSR count). The van der Waals surface area contributed by atoms with Gasteiger partial charge in [0.2, 0.25) is 0 Å². The van der Waals surface area contributed by atoms with Crippen molar-refractivity contribution in [2.24, 2.45) is 0 Å². The van der Waals surface area contributed by atoms with Gasteiger partial charge in [0.15, 0.2) is 0 Å². The molecule has 0 spiro atoms. The molecule has 0 unspecified atom stereocenters. The van der Waals surface area contributed by atoms with Crippen LogP contribution in [-0.2, 0) is 20.1 Å². The van der Waals surface area contributed by atoms with Gasteiger partial charge in [-0.2, -0.15) is 29.4 Å². The van der Waals surface area contributed by atoms with Gasteiger partial charge in [0, 0.05) is 31.9 Å². The summed E-state index contributed by atoms with van der Waals surface area (Å²) in [6.07, 6.45) is 4.00. The number of pyridine rings is 1. The summed E-state index contributed by atoms with van der Waals surface area (Å²) in [4.78, 5) is 4.75. The van der Waals surface area contributed by atoms with Crippen LogP contribution in [0, 0.1) is 26.0 Å². The molecular weight excluding hydrogens is 763 g/mol. The predicted molar refractivity (Wildman–Crippen MR) is 194 cm³/mol. The fourth-order valence-corrected chi connectivity index (χ4v) is 5.97. The first-order valence-corrected chi connectivity index (χ1v) is 15.7. The van der Waals surface area contributed by atoms with Gasteiger partial charge in [0.25, 0.3) is 0 Å². The first-order chi connectivity index (χ1) is 23.1. The predicted octanol–water partition coefficient (Wildman–Crippen LogP) is 11.0. The van der Waals surface area contributed by atoms with Gasteiger partial charge >= 0.3 is 0 Å². The molecule has 2 heterocycles. The zero-order valence-electron chi connectivity index (χ0n) is 26.8. The molecule has 6 aromatic carbocycles. The molecular formula is C44H33IrN3-2. The second-order valence-corrected chi connectivity index (χ2v) is 11.5. The Morgan fingerprint density at radius 1 is 0.542 bits per heavy atom. The molecule has 0 saturated carbocycles. The number of benzene rings is 6. The number of hydrogen-bond acceptors (Lipinski definition) is 2. The molecule has 4 heteroatoms. The average molecular weight is 796 g/mol. The standard InChI is InChI=1S/C23H19N2.C21H14N.Ir/c1-17-13-20(19-9-5-3-6-10-19)14-18(2)23(17)21-15-24-25(16-21)22-11-7-4-8-12-22;1-2-7-16(8-3-1)18-10-6-11-19(15-18)21-14-13-17-9-4-5-12-20(17)22-21;/h3-11,13-16H,1-2H3;1-10,12-15H;/q2*-1;. The van der Waals surface area contributed by atoms with E-state index in [-0.39, 0.29) is 20.1 Å². The van der Waals surface area contributed by atoms with Crippen LogP contribution in [0.4, 0.5) is 0 Å². The van der Waals surface area contributed by atoms with Crippen LogP contribution in [0.5, 0.6) is 0 Å². The monoisotopic (exact) mass is 796 g/mol. The molecule has 0 aliphatic rings. The Balaban J connectivity index is 0.000000165. The van der Waals surface area contributed by atoms with Gasteiger partial charge in [-0.3, -0.25) is 9.67 Å². The third-order valence-electron chi connectivity index (χ3n) is 8.23. The molecule has 0 atom stereocenters. The zero-order chi connectivity index (χ0) is 32.0. The normalized spacial score (nSPS) is 10.5. The zero-order valence-corrected chi connectivity index (χ0v) is 29.2. The van der Waals surface area contributed by atoms with Crippen molar-refractivity contribution in [3.05, 3.63) is 187 Å². The van der Waals surface area contributed by atoms with Crippen molar-refractivity contribution < 1.29 is 20.1 Å². The number of aryl methyl sites for hydroxylation is 2. The van der Waals surface area contributed by atoms with E-state index in [1.54, 1.807) is 0 Å². The van der Waals surface area contributed by atoms with Crippen LogP contribution in [0.15, 0.2) is 164 Å². The molecule has 0 aliphatic heterocycles. The Bertz CT molecular complexity index is 2240. The van der Waals surface area contributed by atoms with Crippen molar-refractivity contribution in [2.75, 3.05) is 0 Å². The summed E-state index contributed by atoms with van der Waals surface area (Å²) < 4.78 is 1.87. The Hall–Kier alpha value is -5.41. The van der Waals surface area contributed by atoms with E-state index in [0.717, 1.165) is 33.4 Å². The number of nitrogens with zero attached hydrogens (tertiary/aromatic N) is 3. The fraction of sp³-hybridized carbons (Fsp3) is 0.0455. The van der Waals surface area contributed by atoms with Crippen molar-refractivity contribution in [3.63, 3.8) is 0 Å². The van der Waals surface area contributed by atoms with E-state index >= 15 is 0 Å². The fourth-order valence-electron chi connectivity index (χ4n) is 5.97. The second-order valence-electron chi connectivity index (χ2n) is 11.5. The number of rotatable bonds is 5. The van der Waals surface area contributed by atoms with E-state index in [1.807, 2.05) is 71.5 Å². The van der Waals surface area contributed by atoms with E-state index in [0.29, 0.717) is 0 Å². The topological polar surface area (TPSA) is 30.7 Å². The van der Waals surface area contributed by atoms with Crippen molar-refractivity contribution in [3.8, 4) is 50.3 Å². The third kappa shape index (κ3) is 7.26. The van der Waals surface area contributed by atoms with Crippen LogP contribution in [0.3, 0.4) is 0 Å². The number of aromatic nitrogens is 3. The van der Waals surface area contributed by atoms with Gasteiger partial charge in [0.05, 0.1) is 11.7 Å². The van der Waals surface area contributed by atoms with Gasteiger partial charge in [0.1, 0.15) is 0 Å². The SMILES string of the molecule is Cc1cc(-c2ccccc2)cc(C)c1-c1cnn(-c2[c-]cccc2)c1.[Ir].[c-]1ccc(-c2ccccc2)cc1-c1ccc2ccccc2n1. The molecule has 1 radical (unpaired) electrons. The van der Waals surface area contributed by atoms with Crippen molar-refractivity contribution in [1.82, 2.24) is 14.8 Å². The summed E-state index contributed by atoms with van der Waals surface area (Å²) in [5.74, 6) is 0. The minimum atomic E-state index is 0. The summed E-state index contributed by atoms with van der Waals surface area (Å²) in [6, 6.07) is 58.3. The van der Waals surface area contributed by atoms with Gasteiger partial charge in [-0.25, -0.2) is 0 Å². The molecule has 235 valence electrons. The molecule has 2 aromatic heterocycles. The van der Waals surface area contributed by atoms with E-state index < -0.39 is 0 Å². The van der Waals surface area contributed by atoms with E-state index in [9.17, 15) is 0 Å². The average Bonchev–Trinajstić information content (AvgIpc) is 3.62. The number of para-hydroxylation sites is 2. The Morgan fingerprint density at radius 3 is 1.92 bits per heavy atom. The Labute approximate surface area is 295 Å². The summed E-state index contributed by atoms with van der Waals surface area (Å²) >= 11 is 0. The maximum absolute atomic E-state index is 4.75. The summed E-state index contributed by atoms with van der Waals surface area (Å²) in [6.45, 7) is 4.33. The summed E-state index contributed by atoms with van der Waals surface area (Å²) in [5, 5.41) is 5.67. The molecule has 0 N–H and O–H groups in total. The van der Waals surface area contributed by atoms with Crippen LogP contribution >= 0.6 is 0 Å². The van der Waals surface area contributed by atoms with Crippen LogP contribution in [0.2, 0.25) is 0 Å². The quantitative estimate of drug-likeness (QED) is 0.163. The molecule has 48 heavy (non-hydrogen) atoms. The van der Waals surface area contributed by atoms with E-state index in [1.165, 1.54) is 38.9 Å². The minimum absolute atomic E-state index is 0. The van der Waals surface area contributed by atoms with Crippen LogP contribution in [0.1, 0.15) is 11.1 Å². The van der Waals surface area contributed by atoms with Crippen molar-refractivity contribution >= 4 is 10.9 Å². The Morgan fingerprint density at radius 2 is 1.21 bits per heavy atom. The minimum Gasteiger partial charge on any atom is -0.296 e. The summed E-state index contributed by atoms with van der Waals surface area (Å²) in [5.41, 5.74) is 13.7. The van der Waals surface area contributed by atoms with Crippen LogP contribution < -0.4 is 0 Å². The van der Waals surface area contributed by atoms with Gasteiger partial charge < -0.3 is 0 Å². The first-order valence-electron chi connectivity index (χ1n) is 15.7. The number of fused-ring (bicyclic) bond motifs is 1. The van der Waals surface area contributed by atoms with Crippen LogP contribution in [0.25, 0.3) is 61.2 Å². The number of hydrogen-bond donors (Lipinski definition) is 0. The first kappa shape index (κ1) is 32.5. The summed E-state index contributed by atoms with van der Waals surface area (Å²) in [7, 11) is 0. The Kier molecular flexibility index (Phi) is 10.2. The molecule has 0 aliphatic carbocycles. The molecule has 0 bridgehead atoms.